The lowest BCUT2D eigenvalue weighted by Crippen LogP contribution is -2.45. The predicted octanol–water partition coefficient (Wildman–Crippen LogP) is 0.462. The summed E-state index contributed by atoms with van der Waals surface area (Å²) < 4.78 is 0. The van der Waals surface area contributed by atoms with E-state index in [4.69, 9.17) is 10.8 Å². The van der Waals surface area contributed by atoms with Crippen LogP contribution in [0.15, 0.2) is 4.99 Å². The molecule has 0 unspecified atom stereocenters. The normalized spacial score (nSPS) is 20.7. The minimum atomic E-state index is -0.0521. The van der Waals surface area contributed by atoms with Crippen molar-refractivity contribution in [2.75, 3.05) is 13.2 Å². The fourth-order valence-electron chi connectivity index (χ4n) is 1.22. The molecule has 0 atom stereocenters. The Morgan fingerprint density at radius 3 is 2.43 bits per heavy atom. The molecule has 0 radical (unpaired) electrons. The zero-order chi connectivity index (χ0) is 10.8. The van der Waals surface area contributed by atoms with E-state index in [-0.39, 0.29) is 17.6 Å². The van der Waals surface area contributed by atoms with Crippen molar-refractivity contribution in [1.82, 2.24) is 5.32 Å². The van der Waals surface area contributed by atoms with Crippen LogP contribution in [0.25, 0.3) is 0 Å². The van der Waals surface area contributed by atoms with Gasteiger partial charge in [0.25, 0.3) is 0 Å². The molecule has 4 N–H and O–H groups in total. The number of guanidine groups is 1. The van der Waals surface area contributed by atoms with E-state index in [0.717, 1.165) is 12.8 Å². The molecule has 0 heterocycles. The van der Waals surface area contributed by atoms with Gasteiger partial charge in [0, 0.05) is 11.0 Å². The summed E-state index contributed by atoms with van der Waals surface area (Å²) in [6.07, 6.45) is 2.13. The third kappa shape index (κ3) is 3.54. The van der Waals surface area contributed by atoms with Gasteiger partial charge in [-0.25, -0.2) is 0 Å². The molecule has 4 heteroatoms. The van der Waals surface area contributed by atoms with Crippen molar-refractivity contribution in [2.24, 2.45) is 16.1 Å². The van der Waals surface area contributed by atoms with Crippen LogP contribution in [0.2, 0.25) is 0 Å². The SMILES string of the molecule is CC(C)(C)NC(N)=NCC1(CO)CC1. The fraction of sp³-hybridized carbons (Fsp3) is 0.900. The van der Waals surface area contributed by atoms with Gasteiger partial charge in [-0.1, -0.05) is 0 Å². The van der Waals surface area contributed by atoms with Crippen molar-refractivity contribution >= 4 is 5.96 Å². The number of rotatable bonds is 3. The highest BCUT2D eigenvalue weighted by Gasteiger charge is 2.41. The average Bonchev–Trinajstić information content (AvgIpc) is 2.78. The van der Waals surface area contributed by atoms with Crippen LogP contribution >= 0.6 is 0 Å². The number of nitrogens with one attached hydrogen (secondary N) is 1. The monoisotopic (exact) mass is 199 g/mol. The molecule has 82 valence electrons. The summed E-state index contributed by atoms with van der Waals surface area (Å²) in [6.45, 7) is 6.97. The Labute approximate surface area is 85.6 Å². The van der Waals surface area contributed by atoms with E-state index in [1.54, 1.807) is 0 Å². The van der Waals surface area contributed by atoms with Crippen molar-refractivity contribution in [3.05, 3.63) is 0 Å². The second-order valence-corrected chi connectivity index (χ2v) is 5.23. The van der Waals surface area contributed by atoms with Crippen LogP contribution in [0.5, 0.6) is 0 Å². The first-order valence-electron chi connectivity index (χ1n) is 5.06. The maximum atomic E-state index is 9.07. The molecule has 0 aromatic rings. The molecule has 1 saturated carbocycles. The maximum absolute atomic E-state index is 9.07. The van der Waals surface area contributed by atoms with E-state index in [9.17, 15) is 0 Å². The largest absolute Gasteiger partial charge is 0.396 e. The minimum Gasteiger partial charge on any atom is -0.396 e. The van der Waals surface area contributed by atoms with Gasteiger partial charge in [-0.15, -0.1) is 0 Å². The number of aliphatic imine (C=N–C) groups is 1. The predicted molar refractivity (Wildman–Crippen MR) is 58.1 cm³/mol. The molecule has 0 saturated heterocycles. The van der Waals surface area contributed by atoms with Crippen LogP contribution in [-0.4, -0.2) is 29.8 Å². The van der Waals surface area contributed by atoms with Crippen LogP contribution in [0.4, 0.5) is 0 Å². The third-order valence-electron chi connectivity index (χ3n) is 2.38. The molecule has 0 aromatic carbocycles. The van der Waals surface area contributed by atoms with E-state index in [2.05, 4.69) is 10.3 Å². The molecule has 14 heavy (non-hydrogen) atoms. The Hall–Kier alpha value is -0.770. The molecule has 0 spiro atoms. The van der Waals surface area contributed by atoms with Crippen molar-refractivity contribution in [1.29, 1.82) is 0 Å². The first-order chi connectivity index (χ1) is 6.37. The highest BCUT2D eigenvalue weighted by atomic mass is 16.3. The lowest BCUT2D eigenvalue weighted by molar-refractivity contribution is 0.217. The van der Waals surface area contributed by atoms with Gasteiger partial charge in [-0.3, -0.25) is 4.99 Å². The van der Waals surface area contributed by atoms with Gasteiger partial charge in [-0.05, 0) is 33.6 Å². The zero-order valence-electron chi connectivity index (χ0n) is 9.30. The number of hydrogen-bond acceptors (Lipinski definition) is 2. The Balaban J connectivity index is 2.37. The van der Waals surface area contributed by atoms with Crippen molar-refractivity contribution in [2.45, 2.75) is 39.2 Å². The summed E-state index contributed by atoms with van der Waals surface area (Å²) >= 11 is 0. The first kappa shape index (κ1) is 11.3. The standard InChI is InChI=1S/C10H21N3O/c1-9(2,3)13-8(11)12-6-10(7-14)4-5-10/h14H,4-7H2,1-3H3,(H3,11,12,13). The van der Waals surface area contributed by atoms with Gasteiger partial charge in [-0.2, -0.15) is 0 Å². The lowest BCUT2D eigenvalue weighted by Gasteiger charge is -2.21. The van der Waals surface area contributed by atoms with E-state index < -0.39 is 0 Å². The molecular formula is C10H21N3O. The molecule has 1 aliphatic carbocycles. The Kier molecular flexibility index (Phi) is 3.04. The molecule has 1 rings (SSSR count). The van der Waals surface area contributed by atoms with E-state index in [0.29, 0.717) is 12.5 Å². The summed E-state index contributed by atoms with van der Waals surface area (Å²) in [7, 11) is 0. The smallest absolute Gasteiger partial charge is 0.189 e. The second kappa shape index (κ2) is 3.77. The Bertz CT molecular complexity index is 226. The number of nitrogens with zero attached hydrogens (tertiary/aromatic N) is 1. The topological polar surface area (TPSA) is 70.6 Å². The highest BCUT2D eigenvalue weighted by Crippen LogP contribution is 2.45. The molecule has 0 amide bonds. The van der Waals surface area contributed by atoms with Crippen LogP contribution in [0.1, 0.15) is 33.6 Å². The summed E-state index contributed by atoms with van der Waals surface area (Å²) in [5.41, 5.74) is 5.70. The molecule has 1 fully saturated rings. The lowest BCUT2D eigenvalue weighted by atomic mass is 10.1. The molecular weight excluding hydrogens is 178 g/mol. The number of aliphatic hydroxyl groups is 1. The Morgan fingerprint density at radius 2 is 2.07 bits per heavy atom. The van der Waals surface area contributed by atoms with Gasteiger partial charge in [0.15, 0.2) is 5.96 Å². The van der Waals surface area contributed by atoms with Crippen molar-refractivity contribution in [3.8, 4) is 0 Å². The van der Waals surface area contributed by atoms with Gasteiger partial charge in [0.1, 0.15) is 0 Å². The molecule has 0 bridgehead atoms. The second-order valence-electron chi connectivity index (χ2n) is 5.23. The summed E-state index contributed by atoms with van der Waals surface area (Å²) in [6, 6.07) is 0. The first-order valence-corrected chi connectivity index (χ1v) is 5.06. The van der Waals surface area contributed by atoms with Crippen molar-refractivity contribution in [3.63, 3.8) is 0 Å². The van der Waals surface area contributed by atoms with Crippen LogP contribution < -0.4 is 11.1 Å². The summed E-state index contributed by atoms with van der Waals surface area (Å²) in [4.78, 5) is 4.24. The van der Waals surface area contributed by atoms with Gasteiger partial charge in [0.05, 0.1) is 13.2 Å². The summed E-state index contributed by atoms with van der Waals surface area (Å²) in [5, 5.41) is 12.2. The number of aliphatic hydroxyl groups excluding tert-OH is 1. The zero-order valence-corrected chi connectivity index (χ0v) is 9.30. The van der Waals surface area contributed by atoms with Gasteiger partial charge >= 0.3 is 0 Å². The van der Waals surface area contributed by atoms with Crippen LogP contribution in [-0.2, 0) is 0 Å². The van der Waals surface area contributed by atoms with E-state index in [1.807, 2.05) is 20.8 Å². The van der Waals surface area contributed by atoms with E-state index >= 15 is 0 Å². The molecule has 4 nitrogen and oxygen atoms in total. The fourth-order valence-corrected chi connectivity index (χ4v) is 1.22. The van der Waals surface area contributed by atoms with Gasteiger partial charge < -0.3 is 16.2 Å². The molecule has 1 aliphatic rings. The van der Waals surface area contributed by atoms with Crippen LogP contribution in [0, 0.1) is 5.41 Å². The minimum absolute atomic E-state index is 0.0458. The highest BCUT2D eigenvalue weighted by molar-refractivity contribution is 5.78. The van der Waals surface area contributed by atoms with Crippen molar-refractivity contribution < 1.29 is 5.11 Å². The average molecular weight is 199 g/mol. The number of nitrogens with two attached hydrogens (primary N) is 1. The Morgan fingerprint density at radius 1 is 1.50 bits per heavy atom. The molecule has 0 aliphatic heterocycles. The van der Waals surface area contributed by atoms with Crippen LogP contribution in [0.3, 0.4) is 0 Å². The number of hydrogen-bond donors (Lipinski definition) is 3. The quantitative estimate of drug-likeness (QED) is 0.457. The maximum Gasteiger partial charge on any atom is 0.189 e. The third-order valence-corrected chi connectivity index (χ3v) is 2.38. The van der Waals surface area contributed by atoms with E-state index in [1.165, 1.54) is 0 Å². The summed E-state index contributed by atoms with van der Waals surface area (Å²) in [5.74, 6) is 0.470. The van der Waals surface area contributed by atoms with Gasteiger partial charge in [0.2, 0.25) is 0 Å². The molecule has 0 aromatic heterocycles.